The van der Waals surface area contributed by atoms with Crippen LogP contribution in [0, 0.1) is 0 Å². The summed E-state index contributed by atoms with van der Waals surface area (Å²) in [7, 11) is 0. The molecule has 5 nitrogen and oxygen atoms in total. The SMILES string of the molecule is Nc1cc2c(cc1C=O)ONO2. The van der Waals surface area contributed by atoms with Crippen LogP contribution in [0.3, 0.4) is 0 Å². The fourth-order valence-corrected chi connectivity index (χ4v) is 0.964. The fraction of sp³-hybridized carbons (Fsp3) is 0. The summed E-state index contributed by atoms with van der Waals surface area (Å²) in [5.41, 5.74) is 8.47. The number of benzene rings is 1. The minimum atomic E-state index is 0.371. The molecule has 2 rings (SSSR count). The monoisotopic (exact) mass is 166 g/mol. The Balaban J connectivity index is 2.56. The summed E-state index contributed by atoms with van der Waals surface area (Å²) >= 11 is 0. The highest BCUT2D eigenvalue weighted by Gasteiger charge is 2.16. The van der Waals surface area contributed by atoms with Crippen LogP contribution < -0.4 is 21.1 Å². The molecule has 62 valence electrons. The number of fused-ring (bicyclic) bond motifs is 1. The molecule has 0 fully saturated rings. The van der Waals surface area contributed by atoms with E-state index in [2.05, 4.69) is 5.64 Å². The third-order valence-electron chi connectivity index (χ3n) is 1.58. The number of anilines is 1. The van der Waals surface area contributed by atoms with Crippen LogP contribution in [-0.2, 0) is 0 Å². The molecule has 0 saturated carbocycles. The lowest BCUT2D eigenvalue weighted by Gasteiger charge is -1.98. The van der Waals surface area contributed by atoms with Gasteiger partial charge in [-0.05, 0) is 6.07 Å². The van der Waals surface area contributed by atoms with Crippen molar-refractivity contribution < 1.29 is 14.5 Å². The molecule has 0 aromatic heterocycles. The summed E-state index contributed by atoms with van der Waals surface area (Å²) in [6.07, 6.45) is 0.664. The molecule has 0 aliphatic carbocycles. The largest absolute Gasteiger partial charge is 0.398 e. The van der Waals surface area contributed by atoms with Crippen LogP contribution in [0.2, 0.25) is 0 Å². The maximum absolute atomic E-state index is 10.4. The lowest BCUT2D eigenvalue weighted by molar-refractivity contribution is 0.0259. The number of nitrogen functional groups attached to an aromatic ring is 1. The second-order valence-corrected chi connectivity index (χ2v) is 2.33. The molecular formula is C7H6N2O3. The fourth-order valence-electron chi connectivity index (χ4n) is 0.964. The van der Waals surface area contributed by atoms with Crippen molar-refractivity contribution in [3.8, 4) is 11.5 Å². The van der Waals surface area contributed by atoms with Gasteiger partial charge in [-0.3, -0.25) is 4.79 Å². The number of nitrogens with one attached hydrogen (secondary N) is 1. The van der Waals surface area contributed by atoms with E-state index < -0.39 is 0 Å². The van der Waals surface area contributed by atoms with Crippen LogP contribution in [-0.4, -0.2) is 6.29 Å². The zero-order valence-corrected chi connectivity index (χ0v) is 6.03. The first kappa shape index (κ1) is 6.93. The summed E-state index contributed by atoms with van der Waals surface area (Å²) in [6.45, 7) is 0. The molecule has 1 aliphatic rings. The van der Waals surface area contributed by atoms with Gasteiger partial charge in [-0.1, -0.05) is 0 Å². The molecule has 0 bridgehead atoms. The van der Waals surface area contributed by atoms with Gasteiger partial charge >= 0.3 is 0 Å². The first-order chi connectivity index (χ1) is 5.81. The van der Waals surface area contributed by atoms with Gasteiger partial charge in [0.25, 0.3) is 0 Å². The molecule has 1 heterocycles. The summed E-state index contributed by atoms with van der Waals surface area (Å²) in [6, 6.07) is 3.04. The van der Waals surface area contributed by atoms with E-state index in [0.29, 0.717) is 29.0 Å². The van der Waals surface area contributed by atoms with E-state index in [-0.39, 0.29) is 0 Å². The second kappa shape index (κ2) is 2.38. The van der Waals surface area contributed by atoms with Crippen LogP contribution in [0.15, 0.2) is 12.1 Å². The first-order valence-electron chi connectivity index (χ1n) is 3.28. The van der Waals surface area contributed by atoms with Crippen molar-refractivity contribution in [2.24, 2.45) is 0 Å². The smallest absolute Gasteiger partial charge is 0.198 e. The van der Waals surface area contributed by atoms with Crippen molar-refractivity contribution in [2.45, 2.75) is 0 Å². The van der Waals surface area contributed by atoms with Crippen LogP contribution in [0.5, 0.6) is 11.5 Å². The third-order valence-corrected chi connectivity index (χ3v) is 1.58. The van der Waals surface area contributed by atoms with Crippen LogP contribution in [0.1, 0.15) is 10.4 Å². The number of hydrogen-bond acceptors (Lipinski definition) is 5. The van der Waals surface area contributed by atoms with Crippen molar-refractivity contribution in [3.63, 3.8) is 0 Å². The Morgan fingerprint density at radius 1 is 1.33 bits per heavy atom. The molecule has 0 radical (unpaired) electrons. The van der Waals surface area contributed by atoms with Crippen molar-refractivity contribution >= 4 is 12.0 Å². The van der Waals surface area contributed by atoms with Crippen LogP contribution in [0.25, 0.3) is 0 Å². The summed E-state index contributed by atoms with van der Waals surface area (Å²) in [5.74, 6) is 0.949. The number of aldehydes is 1. The molecule has 1 aromatic rings. The van der Waals surface area contributed by atoms with E-state index >= 15 is 0 Å². The molecule has 12 heavy (non-hydrogen) atoms. The maximum Gasteiger partial charge on any atom is 0.198 e. The Labute approximate surface area is 68.0 Å². The van der Waals surface area contributed by atoms with Crippen LogP contribution in [0.4, 0.5) is 5.69 Å². The molecular weight excluding hydrogens is 160 g/mol. The van der Waals surface area contributed by atoms with Gasteiger partial charge in [0, 0.05) is 23.0 Å². The Morgan fingerprint density at radius 3 is 2.67 bits per heavy atom. The van der Waals surface area contributed by atoms with Gasteiger partial charge in [-0.2, -0.15) is 0 Å². The first-order valence-corrected chi connectivity index (χ1v) is 3.28. The van der Waals surface area contributed by atoms with Gasteiger partial charge < -0.3 is 15.4 Å². The molecule has 0 spiro atoms. The van der Waals surface area contributed by atoms with E-state index in [1.54, 1.807) is 0 Å². The molecule has 1 aliphatic heterocycles. The Hall–Kier alpha value is -1.75. The van der Waals surface area contributed by atoms with Gasteiger partial charge in [-0.25, -0.2) is 0 Å². The third kappa shape index (κ3) is 0.876. The predicted octanol–water partition coefficient (Wildman–Crippen LogP) is 0.272. The zero-order chi connectivity index (χ0) is 8.55. The van der Waals surface area contributed by atoms with Gasteiger partial charge in [0.05, 0.1) is 0 Å². The summed E-state index contributed by atoms with van der Waals surface area (Å²) in [5, 5.41) is 0. The zero-order valence-electron chi connectivity index (χ0n) is 6.03. The van der Waals surface area contributed by atoms with Gasteiger partial charge in [-0.15, -0.1) is 0 Å². The highest BCUT2D eigenvalue weighted by atomic mass is 16.9. The average Bonchev–Trinajstić information content (AvgIpc) is 2.49. The lowest BCUT2D eigenvalue weighted by atomic mass is 10.2. The van der Waals surface area contributed by atoms with Crippen molar-refractivity contribution in [1.29, 1.82) is 0 Å². The normalized spacial score (nSPS) is 13.0. The number of carbonyl (C=O) groups is 1. The Bertz CT molecular complexity index is 338. The molecule has 5 heteroatoms. The van der Waals surface area contributed by atoms with Crippen molar-refractivity contribution in [3.05, 3.63) is 17.7 Å². The highest BCUT2D eigenvalue weighted by Crippen LogP contribution is 2.33. The van der Waals surface area contributed by atoms with E-state index in [9.17, 15) is 4.79 Å². The standard InChI is InChI=1S/C7H6N2O3/c8-5-2-7-6(11-9-12-7)1-4(5)3-10/h1-3,9H,8H2. The summed E-state index contributed by atoms with van der Waals surface area (Å²) < 4.78 is 0. The molecule has 0 unspecified atom stereocenters. The molecule has 3 N–H and O–H groups in total. The minimum absolute atomic E-state index is 0.371. The summed E-state index contributed by atoms with van der Waals surface area (Å²) in [4.78, 5) is 20.1. The van der Waals surface area contributed by atoms with E-state index in [1.165, 1.54) is 12.1 Å². The quantitative estimate of drug-likeness (QED) is 0.462. The number of rotatable bonds is 1. The highest BCUT2D eigenvalue weighted by molar-refractivity contribution is 5.85. The Kier molecular flexibility index (Phi) is 1.38. The molecule has 0 amide bonds. The van der Waals surface area contributed by atoms with E-state index in [1.807, 2.05) is 0 Å². The van der Waals surface area contributed by atoms with Gasteiger partial charge in [0.2, 0.25) is 0 Å². The van der Waals surface area contributed by atoms with Crippen molar-refractivity contribution in [2.75, 3.05) is 5.73 Å². The molecule has 0 atom stereocenters. The maximum atomic E-state index is 10.4. The number of nitrogens with two attached hydrogens (primary N) is 1. The predicted molar refractivity (Wildman–Crippen MR) is 40.6 cm³/mol. The van der Waals surface area contributed by atoms with Gasteiger partial charge in [0.1, 0.15) is 0 Å². The van der Waals surface area contributed by atoms with Crippen molar-refractivity contribution in [1.82, 2.24) is 5.64 Å². The minimum Gasteiger partial charge on any atom is -0.398 e. The average molecular weight is 166 g/mol. The lowest BCUT2D eigenvalue weighted by Crippen LogP contribution is -2.14. The second-order valence-electron chi connectivity index (χ2n) is 2.33. The Morgan fingerprint density at radius 2 is 2.00 bits per heavy atom. The van der Waals surface area contributed by atoms with Gasteiger partial charge in [0.15, 0.2) is 17.8 Å². The molecule has 1 aromatic carbocycles. The van der Waals surface area contributed by atoms with Crippen LogP contribution >= 0.6 is 0 Å². The number of hydrogen-bond donors (Lipinski definition) is 2. The topological polar surface area (TPSA) is 73.6 Å². The van der Waals surface area contributed by atoms with E-state index in [4.69, 9.17) is 15.4 Å². The van der Waals surface area contributed by atoms with E-state index in [0.717, 1.165) is 0 Å². The molecule has 0 saturated heterocycles. The number of carbonyl (C=O) groups excluding carboxylic acids is 1.